The van der Waals surface area contributed by atoms with Gasteiger partial charge in [-0.1, -0.05) is 6.92 Å². The van der Waals surface area contributed by atoms with E-state index in [2.05, 4.69) is 18.7 Å². The SMILES string of the molecule is CCC(C)N1CC[C@@H](N)C1. The maximum atomic E-state index is 5.78. The predicted molar refractivity (Wildman–Crippen MR) is 43.9 cm³/mol. The van der Waals surface area contributed by atoms with E-state index in [1.54, 1.807) is 0 Å². The Bertz CT molecular complexity index is 103. The molecule has 0 aromatic rings. The molecule has 2 N–H and O–H groups in total. The monoisotopic (exact) mass is 142 g/mol. The molecular weight excluding hydrogens is 124 g/mol. The van der Waals surface area contributed by atoms with Crippen LogP contribution in [0.4, 0.5) is 0 Å². The van der Waals surface area contributed by atoms with Gasteiger partial charge in [0.15, 0.2) is 0 Å². The molecule has 0 amide bonds. The summed E-state index contributed by atoms with van der Waals surface area (Å²) in [6.45, 7) is 6.82. The van der Waals surface area contributed by atoms with Gasteiger partial charge in [-0.15, -0.1) is 0 Å². The van der Waals surface area contributed by atoms with E-state index in [0.717, 1.165) is 12.6 Å². The Balaban J connectivity index is 2.29. The lowest BCUT2D eigenvalue weighted by molar-refractivity contribution is 0.250. The molecule has 1 fully saturated rings. The first-order chi connectivity index (χ1) is 4.74. The van der Waals surface area contributed by atoms with Crippen LogP contribution in [0.2, 0.25) is 0 Å². The molecule has 0 radical (unpaired) electrons. The lowest BCUT2D eigenvalue weighted by Gasteiger charge is -2.22. The molecule has 0 bridgehead atoms. The van der Waals surface area contributed by atoms with Crippen LogP contribution in [-0.4, -0.2) is 30.1 Å². The van der Waals surface area contributed by atoms with E-state index in [9.17, 15) is 0 Å². The summed E-state index contributed by atoms with van der Waals surface area (Å²) in [6.07, 6.45) is 2.43. The maximum absolute atomic E-state index is 5.78. The molecule has 1 rings (SSSR count). The summed E-state index contributed by atoms with van der Waals surface area (Å²) in [7, 11) is 0. The van der Waals surface area contributed by atoms with Crippen LogP contribution in [0.5, 0.6) is 0 Å². The molecule has 2 nitrogen and oxygen atoms in total. The molecule has 2 heteroatoms. The van der Waals surface area contributed by atoms with E-state index in [4.69, 9.17) is 5.73 Å². The second-order valence-electron chi connectivity index (χ2n) is 3.30. The standard InChI is InChI=1S/C8H18N2/c1-3-7(2)10-5-4-8(9)6-10/h7-8H,3-6,9H2,1-2H3/t7?,8-/m1/s1. The number of likely N-dealkylation sites (tertiary alicyclic amines) is 1. The van der Waals surface area contributed by atoms with Gasteiger partial charge in [0.1, 0.15) is 0 Å². The number of nitrogens with zero attached hydrogens (tertiary/aromatic N) is 1. The molecule has 0 aromatic carbocycles. The Morgan fingerprint density at radius 1 is 1.70 bits per heavy atom. The summed E-state index contributed by atoms with van der Waals surface area (Å²) in [5.74, 6) is 0. The van der Waals surface area contributed by atoms with Gasteiger partial charge in [0.25, 0.3) is 0 Å². The van der Waals surface area contributed by atoms with E-state index >= 15 is 0 Å². The molecule has 2 atom stereocenters. The highest BCUT2D eigenvalue weighted by molar-refractivity contribution is 4.80. The van der Waals surface area contributed by atoms with Crippen LogP contribution in [0.1, 0.15) is 26.7 Å². The molecular formula is C8H18N2. The fourth-order valence-electron chi connectivity index (χ4n) is 1.47. The number of nitrogens with two attached hydrogens (primary N) is 1. The minimum Gasteiger partial charge on any atom is -0.326 e. The van der Waals surface area contributed by atoms with Gasteiger partial charge < -0.3 is 5.73 Å². The molecule has 0 aliphatic carbocycles. The van der Waals surface area contributed by atoms with Crippen molar-refractivity contribution < 1.29 is 0 Å². The summed E-state index contributed by atoms with van der Waals surface area (Å²) in [6, 6.07) is 1.17. The van der Waals surface area contributed by atoms with Crippen LogP contribution in [0.25, 0.3) is 0 Å². The van der Waals surface area contributed by atoms with Crippen molar-refractivity contribution >= 4 is 0 Å². The van der Waals surface area contributed by atoms with Crippen LogP contribution in [0.3, 0.4) is 0 Å². The molecule has 1 unspecified atom stereocenters. The largest absolute Gasteiger partial charge is 0.326 e. The van der Waals surface area contributed by atoms with Gasteiger partial charge >= 0.3 is 0 Å². The fraction of sp³-hybridized carbons (Fsp3) is 1.00. The molecule has 0 spiro atoms. The lowest BCUT2D eigenvalue weighted by atomic mass is 10.2. The van der Waals surface area contributed by atoms with E-state index in [-0.39, 0.29) is 0 Å². The molecule has 1 heterocycles. The molecule has 0 aromatic heterocycles. The molecule has 1 aliphatic rings. The summed E-state index contributed by atoms with van der Waals surface area (Å²) in [5.41, 5.74) is 5.78. The first-order valence-electron chi connectivity index (χ1n) is 4.23. The maximum Gasteiger partial charge on any atom is 0.0180 e. The minimum atomic E-state index is 0.439. The number of rotatable bonds is 2. The van der Waals surface area contributed by atoms with Crippen molar-refractivity contribution in [1.29, 1.82) is 0 Å². The lowest BCUT2D eigenvalue weighted by Crippen LogP contribution is -2.33. The second kappa shape index (κ2) is 3.35. The van der Waals surface area contributed by atoms with Gasteiger partial charge in [-0.2, -0.15) is 0 Å². The van der Waals surface area contributed by atoms with Crippen LogP contribution >= 0.6 is 0 Å². The van der Waals surface area contributed by atoms with Crippen LogP contribution in [-0.2, 0) is 0 Å². The van der Waals surface area contributed by atoms with Crippen molar-refractivity contribution in [2.45, 2.75) is 38.8 Å². The zero-order valence-corrected chi connectivity index (χ0v) is 7.01. The van der Waals surface area contributed by atoms with Crippen molar-refractivity contribution in [2.24, 2.45) is 5.73 Å². The quantitative estimate of drug-likeness (QED) is 0.618. The van der Waals surface area contributed by atoms with Gasteiger partial charge in [0.05, 0.1) is 0 Å². The summed E-state index contributed by atoms with van der Waals surface area (Å²) in [5, 5.41) is 0. The number of hydrogen-bond donors (Lipinski definition) is 1. The minimum absolute atomic E-state index is 0.439. The molecule has 1 aliphatic heterocycles. The summed E-state index contributed by atoms with van der Waals surface area (Å²) < 4.78 is 0. The first-order valence-corrected chi connectivity index (χ1v) is 4.23. The molecule has 60 valence electrons. The average molecular weight is 142 g/mol. The third-order valence-corrected chi connectivity index (χ3v) is 2.47. The topological polar surface area (TPSA) is 29.3 Å². The molecule has 10 heavy (non-hydrogen) atoms. The third kappa shape index (κ3) is 1.70. The Labute approximate surface area is 63.4 Å². The van der Waals surface area contributed by atoms with Crippen molar-refractivity contribution in [2.75, 3.05) is 13.1 Å². The van der Waals surface area contributed by atoms with Gasteiger partial charge in [-0.25, -0.2) is 0 Å². The molecule has 0 saturated carbocycles. The average Bonchev–Trinajstić information content (AvgIpc) is 2.34. The normalized spacial score (nSPS) is 30.9. The van der Waals surface area contributed by atoms with Gasteiger partial charge in [-0.3, -0.25) is 4.90 Å². The highest BCUT2D eigenvalue weighted by Gasteiger charge is 2.21. The predicted octanol–water partition coefficient (Wildman–Crippen LogP) is 0.818. The molecule has 1 saturated heterocycles. The summed E-state index contributed by atoms with van der Waals surface area (Å²) in [4.78, 5) is 2.48. The third-order valence-electron chi connectivity index (χ3n) is 2.47. The Kier molecular flexibility index (Phi) is 2.69. The van der Waals surface area contributed by atoms with Crippen molar-refractivity contribution in [1.82, 2.24) is 4.90 Å². The zero-order valence-electron chi connectivity index (χ0n) is 7.01. The van der Waals surface area contributed by atoms with E-state index < -0.39 is 0 Å². The zero-order chi connectivity index (χ0) is 7.56. The van der Waals surface area contributed by atoms with Gasteiger partial charge in [0.2, 0.25) is 0 Å². The van der Waals surface area contributed by atoms with E-state index in [1.165, 1.54) is 19.4 Å². The van der Waals surface area contributed by atoms with Crippen LogP contribution in [0.15, 0.2) is 0 Å². The highest BCUT2D eigenvalue weighted by Crippen LogP contribution is 2.12. The van der Waals surface area contributed by atoms with Crippen molar-refractivity contribution in [3.63, 3.8) is 0 Å². The van der Waals surface area contributed by atoms with Crippen molar-refractivity contribution in [3.8, 4) is 0 Å². The second-order valence-corrected chi connectivity index (χ2v) is 3.30. The van der Waals surface area contributed by atoms with Crippen LogP contribution in [0, 0.1) is 0 Å². The number of hydrogen-bond acceptors (Lipinski definition) is 2. The Morgan fingerprint density at radius 3 is 2.80 bits per heavy atom. The van der Waals surface area contributed by atoms with E-state index in [1.807, 2.05) is 0 Å². The van der Waals surface area contributed by atoms with Crippen molar-refractivity contribution in [3.05, 3.63) is 0 Å². The highest BCUT2D eigenvalue weighted by atomic mass is 15.2. The first kappa shape index (κ1) is 8.02. The Hall–Kier alpha value is -0.0800. The summed E-state index contributed by atoms with van der Waals surface area (Å²) >= 11 is 0. The van der Waals surface area contributed by atoms with Gasteiger partial charge in [-0.05, 0) is 26.3 Å². The fourth-order valence-corrected chi connectivity index (χ4v) is 1.47. The Morgan fingerprint density at radius 2 is 2.40 bits per heavy atom. The smallest absolute Gasteiger partial charge is 0.0180 e. The van der Waals surface area contributed by atoms with E-state index in [0.29, 0.717) is 6.04 Å². The van der Waals surface area contributed by atoms with Crippen LogP contribution < -0.4 is 5.73 Å². The van der Waals surface area contributed by atoms with Gasteiger partial charge in [0, 0.05) is 18.6 Å².